The number of benzene rings is 1. The normalized spacial score (nSPS) is 14.5. The molecule has 196 valence electrons. The van der Waals surface area contributed by atoms with E-state index in [1.807, 2.05) is 35.0 Å². The number of rotatable bonds is 6. The third-order valence-corrected chi connectivity index (χ3v) is 6.98. The summed E-state index contributed by atoms with van der Waals surface area (Å²) in [7, 11) is 0. The number of nitrogens with zero attached hydrogens (tertiary/aromatic N) is 11. The molecule has 1 aliphatic heterocycles. The molecular formula is C26H26N12O. The third kappa shape index (κ3) is 4.32. The van der Waals surface area contributed by atoms with E-state index in [0.29, 0.717) is 41.1 Å². The van der Waals surface area contributed by atoms with Gasteiger partial charge in [-0.3, -0.25) is 9.88 Å². The molecule has 1 saturated heterocycles. The molecule has 1 aliphatic rings. The van der Waals surface area contributed by atoms with Crippen molar-refractivity contribution in [1.29, 1.82) is 0 Å². The van der Waals surface area contributed by atoms with Crippen molar-refractivity contribution in [3.05, 3.63) is 60.7 Å². The first-order valence-electron chi connectivity index (χ1n) is 12.8. The van der Waals surface area contributed by atoms with Crippen LogP contribution in [0.1, 0.15) is 5.89 Å². The molecule has 0 aliphatic carbocycles. The maximum Gasteiger partial charge on any atom is 0.247 e. The average Bonchev–Trinajstić information content (AvgIpc) is 3.71. The molecule has 6 heterocycles. The molecule has 1 aromatic carbocycles. The Labute approximate surface area is 222 Å². The van der Waals surface area contributed by atoms with Gasteiger partial charge in [0.2, 0.25) is 23.6 Å². The molecule has 0 atom stereocenters. The topological polar surface area (TPSA) is 145 Å². The van der Waals surface area contributed by atoms with E-state index in [4.69, 9.17) is 10.2 Å². The van der Waals surface area contributed by atoms with E-state index in [1.54, 1.807) is 23.8 Å². The Morgan fingerprint density at radius 3 is 2.64 bits per heavy atom. The number of aryl methyl sites for hydroxylation is 1. The molecular weight excluding hydrogens is 496 g/mol. The largest absolute Gasteiger partial charge is 0.421 e. The fraction of sp³-hybridized carbons (Fsp3) is 0.269. The lowest BCUT2D eigenvalue weighted by molar-refractivity contribution is 0.245. The lowest BCUT2D eigenvalue weighted by Gasteiger charge is -2.36. The first-order chi connectivity index (χ1) is 19.1. The number of pyridine rings is 1. The van der Waals surface area contributed by atoms with Crippen molar-refractivity contribution in [1.82, 2.24) is 49.4 Å². The molecule has 0 unspecified atom stereocenters. The van der Waals surface area contributed by atoms with E-state index in [2.05, 4.69) is 57.3 Å². The number of anilines is 2. The molecule has 0 amide bonds. The van der Waals surface area contributed by atoms with Crippen molar-refractivity contribution < 1.29 is 4.42 Å². The number of fused-ring (bicyclic) bond motifs is 3. The smallest absolute Gasteiger partial charge is 0.247 e. The molecule has 5 aromatic heterocycles. The summed E-state index contributed by atoms with van der Waals surface area (Å²) in [5, 5.41) is 18.0. The average molecular weight is 523 g/mol. The van der Waals surface area contributed by atoms with Crippen LogP contribution in [-0.4, -0.2) is 82.2 Å². The fourth-order valence-electron chi connectivity index (χ4n) is 4.94. The van der Waals surface area contributed by atoms with Gasteiger partial charge in [0.1, 0.15) is 5.69 Å². The van der Waals surface area contributed by atoms with Gasteiger partial charge in [-0.1, -0.05) is 12.1 Å². The second kappa shape index (κ2) is 9.44. The second-order valence-corrected chi connectivity index (χ2v) is 9.47. The third-order valence-electron chi connectivity index (χ3n) is 6.98. The van der Waals surface area contributed by atoms with Crippen LogP contribution in [0.5, 0.6) is 0 Å². The molecule has 7 rings (SSSR count). The Kier molecular flexibility index (Phi) is 5.62. The molecule has 13 heteroatoms. The number of piperazine rings is 1. The van der Waals surface area contributed by atoms with Crippen LogP contribution in [0.2, 0.25) is 0 Å². The standard InChI is InChI=1S/C26H26N12O/c1-17-32-33-25(39-17)18-5-4-6-19(15-18)36-12-9-35(10-13-36)11-14-37-23-20(16-29-37)24-30-22(21-7-2-3-8-28-21)34-38(24)26(27)31-23/h2-8,15-16H,9-14H2,1H3,(H2,27,31). The first-order valence-corrected chi connectivity index (χ1v) is 12.8. The first kappa shape index (κ1) is 23.2. The summed E-state index contributed by atoms with van der Waals surface area (Å²) in [5.41, 5.74) is 10.3. The summed E-state index contributed by atoms with van der Waals surface area (Å²) in [6.07, 6.45) is 3.49. The van der Waals surface area contributed by atoms with Crippen LogP contribution in [0, 0.1) is 6.92 Å². The molecule has 13 nitrogen and oxygen atoms in total. The van der Waals surface area contributed by atoms with E-state index in [9.17, 15) is 0 Å². The number of aromatic nitrogens is 9. The van der Waals surface area contributed by atoms with Gasteiger partial charge in [-0.15, -0.1) is 15.3 Å². The Bertz CT molecular complexity index is 1760. The molecule has 2 N–H and O–H groups in total. The van der Waals surface area contributed by atoms with E-state index in [-0.39, 0.29) is 5.95 Å². The number of hydrogen-bond acceptors (Lipinski definition) is 11. The predicted octanol–water partition coefficient (Wildman–Crippen LogP) is 2.30. The highest BCUT2D eigenvalue weighted by molar-refractivity contribution is 5.90. The Hall–Kier alpha value is -4.91. The van der Waals surface area contributed by atoms with Gasteiger partial charge in [-0.2, -0.15) is 14.6 Å². The lowest BCUT2D eigenvalue weighted by atomic mass is 10.1. The summed E-state index contributed by atoms with van der Waals surface area (Å²) in [6.45, 7) is 7.08. The van der Waals surface area contributed by atoms with Crippen molar-refractivity contribution in [2.45, 2.75) is 13.5 Å². The van der Waals surface area contributed by atoms with Crippen LogP contribution in [0.25, 0.3) is 39.7 Å². The van der Waals surface area contributed by atoms with Crippen LogP contribution in [-0.2, 0) is 6.54 Å². The van der Waals surface area contributed by atoms with Gasteiger partial charge in [0.25, 0.3) is 0 Å². The van der Waals surface area contributed by atoms with Gasteiger partial charge >= 0.3 is 0 Å². The molecule has 0 spiro atoms. The highest BCUT2D eigenvalue weighted by Gasteiger charge is 2.20. The minimum absolute atomic E-state index is 0.264. The highest BCUT2D eigenvalue weighted by Crippen LogP contribution is 2.25. The fourth-order valence-corrected chi connectivity index (χ4v) is 4.94. The number of nitrogens with two attached hydrogens (primary N) is 1. The Morgan fingerprint density at radius 2 is 1.85 bits per heavy atom. The van der Waals surface area contributed by atoms with Gasteiger partial charge in [0, 0.05) is 57.1 Å². The Balaban J connectivity index is 1.03. The van der Waals surface area contributed by atoms with Crippen molar-refractivity contribution in [3.8, 4) is 23.0 Å². The van der Waals surface area contributed by atoms with Crippen LogP contribution < -0.4 is 10.6 Å². The molecule has 0 saturated carbocycles. The summed E-state index contributed by atoms with van der Waals surface area (Å²) in [5.74, 6) is 1.87. The monoisotopic (exact) mass is 522 g/mol. The zero-order valence-electron chi connectivity index (χ0n) is 21.3. The summed E-state index contributed by atoms with van der Waals surface area (Å²) in [6, 6.07) is 13.9. The van der Waals surface area contributed by atoms with Crippen molar-refractivity contribution in [3.63, 3.8) is 0 Å². The quantitative estimate of drug-likeness (QED) is 0.344. The highest BCUT2D eigenvalue weighted by atomic mass is 16.4. The molecule has 6 aromatic rings. The summed E-state index contributed by atoms with van der Waals surface area (Å²) < 4.78 is 9.04. The molecule has 1 fully saturated rings. The molecule has 0 radical (unpaired) electrons. The van der Waals surface area contributed by atoms with Crippen LogP contribution in [0.4, 0.5) is 11.6 Å². The van der Waals surface area contributed by atoms with E-state index in [0.717, 1.165) is 49.4 Å². The van der Waals surface area contributed by atoms with Crippen LogP contribution >= 0.6 is 0 Å². The van der Waals surface area contributed by atoms with Gasteiger partial charge in [0.05, 0.1) is 18.1 Å². The minimum Gasteiger partial charge on any atom is -0.421 e. The maximum atomic E-state index is 6.26. The summed E-state index contributed by atoms with van der Waals surface area (Å²) >= 11 is 0. The minimum atomic E-state index is 0.264. The van der Waals surface area contributed by atoms with E-state index >= 15 is 0 Å². The second-order valence-electron chi connectivity index (χ2n) is 9.47. The van der Waals surface area contributed by atoms with Crippen molar-refractivity contribution >= 4 is 28.3 Å². The van der Waals surface area contributed by atoms with Crippen LogP contribution in [0.3, 0.4) is 0 Å². The SMILES string of the molecule is Cc1nnc(-c2cccc(N3CCN(CCn4ncc5c4nc(N)n4nc(-c6ccccn6)nc54)CC3)c2)o1. The zero-order chi connectivity index (χ0) is 26.3. The maximum absolute atomic E-state index is 6.26. The summed E-state index contributed by atoms with van der Waals surface area (Å²) in [4.78, 5) is 18.4. The van der Waals surface area contributed by atoms with Crippen LogP contribution in [0.15, 0.2) is 59.3 Å². The van der Waals surface area contributed by atoms with Crippen molar-refractivity contribution in [2.24, 2.45) is 0 Å². The molecule has 39 heavy (non-hydrogen) atoms. The Morgan fingerprint density at radius 1 is 0.949 bits per heavy atom. The van der Waals surface area contributed by atoms with Gasteiger partial charge in [0.15, 0.2) is 11.3 Å². The lowest BCUT2D eigenvalue weighted by Crippen LogP contribution is -2.47. The zero-order valence-corrected chi connectivity index (χ0v) is 21.3. The van der Waals surface area contributed by atoms with Gasteiger partial charge < -0.3 is 15.1 Å². The van der Waals surface area contributed by atoms with Gasteiger partial charge in [-0.25, -0.2) is 9.67 Å². The number of nitrogen functional groups attached to an aromatic ring is 1. The van der Waals surface area contributed by atoms with E-state index in [1.165, 1.54) is 0 Å². The van der Waals surface area contributed by atoms with Gasteiger partial charge in [-0.05, 0) is 30.3 Å². The molecule has 0 bridgehead atoms. The van der Waals surface area contributed by atoms with E-state index < -0.39 is 0 Å². The van der Waals surface area contributed by atoms with Crippen molar-refractivity contribution in [2.75, 3.05) is 43.4 Å². The predicted molar refractivity (Wildman–Crippen MR) is 145 cm³/mol. The number of hydrogen-bond donors (Lipinski definition) is 1.